The highest BCUT2D eigenvalue weighted by molar-refractivity contribution is 5.62. The van der Waals surface area contributed by atoms with E-state index in [0.717, 1.165) is 43.1 Å². The summed E-state index contributed by atoms with van der Waals surface area (Å²) in [5.74, 6) is 0. The van der Waals surface area contributed by atoms with Gasteiger partial charge in [-0.3, -0.25) is 9.20 Å². The normalized spacial score (nSPS) is 14.1. The summed E-state index contributed by atoms with van der Waals surface area (Å²) in [6, 6.07) is 9.48. The van der Waals surface area contributed by atoms with E-state index in [0.29, 0.717) is 17.0 Å². The Kier molecular flexibility index (Phi) is 5.31. The molecule has 0 bridgehead atoms. The maximum atomic E-state index is 12.7. The Morgan fingerprint density at radius 1 is 0.897 bits per heavy atom. The van der Waals surface area contributed by atoms with Crippen LogP contribution in [-0.4, -0.2) is 44.9 Å². The van der Waals surface area contributed by atoms with E-state index in [1.54, 1.807) is 10.5 Å². The summed E-state index contributed by atoms with van der Waals surface area (Å²) in [5, 5.41) is 3.34. The molecule has 0 atom stereocenters. The number of aryl methyl sites for hydroxylation is 1. The molecule has 0 spiro atoms. The van der Waals surface area contributed by atoms with Gasteiger partial charge in [-0.05, 0) is 30.7 Å². The van der Waals surface area contributed by atoms with Gasteiger partial charge in [-0.1, -0.05) is 19.9 Å². The first kappa shape index (κ1) is 19.1. The molecule has 7 heteroatoms. The van der Waals surface area contributed by atoms with E-state index in [2.05, 4.69) is 20.2 Å². The second kappa shape index (κ2) is 8.05. The minimum atomic E-state index is -0.0970. The highest BCUT2D eigenvalue weighted by Crippen LogP contribution is 2.19. The Morgan fingerprint density at radius 3 is 2.41 bits per heavy atom. The average molecular weight is 390 g/mol. The van der Waals surface area contributed by atoms with Crippen LogP contribution < -0.4 is 15.8 Å². The molecule has 1 fully saturated rings. The van der Waals surface area contributed by atoms with E-state index >= 15 is 0 Å². The Hall–Kier alpha value is -3.19. The Balaban J connectivity index is 0.000000994. The molecule has 0 saturated carbocycles. The van der Waals surface area contributed by atoms with Crippen molar-refractivity contribution < 1.29 is 0 Å². The van der Waals surface area contributed by atoms with Crippen molar-refractivity contribution in [3.63, 3.8) is 0 Å². The molecular formula is C22H26N6O. The Morgan fingerprint density at radius 2 is 1.62 bits per heavy atom. The second-order valence-corrected chi connectivity index (χ2v) is 6.93. The lowest BCUT2D eigenvalue weighted by Gasteiger charge is -2.29. The lowest BCUT2D eigenvalue weighted by atomic mass is 10.3. The zero-order valence-corrected chi connectivity index (χ0v) is 17.1. The van der Waals surface area contributed by atoms with Crippen molar-refractivity contribution in [2.24, 2.45) is 0 Å². The SMILES string of the molecule is CC.Cc1ccc2nc(-c3cc(=O)n4cc(N5CCNCC5)ccc4n3)cn2c1. The van der Waals surface area contributed by atoms with Gasteiger partial charge in [-0.25, -0.2) is 9.97 Å². The smallest absolute Gasteiger partial charge is 0.258 e. The number of imidazole rings is 1. The maximum Gasteiger partial charge on any atom is 0.258 e. The van der Waals surface area contributed by atoms with Crippen LogP contribution in [0.4, 0.5) is 5.69 Å². The average Bonchev–Trinajstić information content (AvgIpc) is 3.19. The van der Waals surface area contributed by atoms with Crippen molar-refractivity contribution in [1.29, 1.82) is 0 Å². The van der Waals surface area contributed by atoms with E-state index in [1.807, 2.05) is 68.0 Å². The van der Waals surface area contributed by atoms with Crippen LogP contribution >= 0.6 is 0 Å². The van der Waals surface area contributed by atoms with E-state index < -0.39 is 0 Å². The van der Waals surface area contributed by atoms with Gasteiger partial charge >= 0.3 is 0 Å². The number of anilines is 1. The van der Waals surface area contributed by atoms with Crippen LogP contribution in [0.5, 0.6) is 0 Å². The van der Waals surface area contributed by atoms with Gasteiger partial charge in [0.25, 0.3) is 5.56 Å². The number of aromatic nitrogens is 4. The van der Waals surface area contributed by atoms with Crippen LogP contribution in [0.25, 0.3) is 22.7 Å². The monoisotopic (exact) mass is 390 g/mol. The number of nitrogens with one attached hydrogen (secondary N) is 1. The molecule has 0 amide bonds. The molecule has 0 aromatic carbocycles. The number of hydrogen-bond donors (Lipinski definition) is 1. The van der Waals surface area contributed by atoms with Crippen molar-refractivity contribution in [2.45, 2.75) is 20.8 Å². The number of nitrogens with zero attached hydrogens (tertiary/aromatic N) is 5. The molecule has 1 aliphatic heterocycles. The van der Waals surface area contributed by atoms with E-state index in [1.165, 1.54) is 0 Å². The van der Waals surface area contributed by atoms with Gasteiger partial charge in [0, 0.05) is 50.8 Å². The molecule has 1 N–H and O–H groups in total. The minimum absolute atomic E-state index is 0.0970. The van der Waals surface area contributed by atoms with Crippen LogP contribution in [-0.2, 0) is 0 Å². The summed E-state index contributed by atoms with van der Waals surface area (Å²) < 4.78 is 3.57. The molecule has 5 rings (SSSR count). The van der Waals surface area contributed by atoms with Crippen LogP contribution in [0.15, 0.2) is 53.7 Å². The van der Waals surface area contributed by atoms with Gasteiger partial charge in [0.1, 0.15) is 17.0 Å². The molecule has 0 radical (unpaired) electrons. The summed E-state index contributed by atoms with van der Waals surface area (Å²) in [6.07, 6.45) is 5.81. The molecule has 0 aliphatic carbocycles. The number of pyridine rings is 2. The third-order valence-electron chi connectivity index (χ3n) is 4.99. The maximum absolute atomic E-state index is 12.7. The van der Waals surface area contributed by atoms with Crippen LogP contribution in [0.3, 0.4) is 0 Å². The largest absolute Gasteiger partial charge is 0.368 e. The molecule has 7 nitrogen and oxygen atoms in total. The number of fused-ring (bicyclic) bond motifs is 2. The van der Waals surface area contributed by atoms with Gasteiger partial charge in [-0.2, -0.15) is 0 Å². The van der Waals surface area contributed by atoms with Crippen molar-refractivity contribution in [2.75, 3.05) is 31.1 Å². The standard InChI is InChI=1S/C20H20N6O.C2H6/c1-14-2-4-18-23-17(13-25(18)11-14)16-10-20(27)26-12-15(3-5-19(26)22-16)24-8-6-21-7-9-24;1-2/h2-5,10-13,21H,6-9H2,1H3;1-2H3. The Bertz CT molecular complexity index is 1200. The molecule has 1 aliphatic rings. The van der Waals surface area contributed by atoms with Gasteiger partial charge in [0.15, 0.2) is 0 Å². The van der Waals surface area contributed by atoms with Gasteiger partial charge in [0.2, 0.25) is 0 Å². The van der Waals surface area contributed by atoms with Crippen LogP contribution in [0.2, 0.25) is 0 Å². The lowest BCUT2D eigenvalue weighted by Crippen LogP contribution is -2.43. The number of rotatable bonds is 2. The molecule has 29 heavy (non-hydrogen) atoms. The second-order valence-electron chi connectivity index (χ2n) is 6.93. The van der Waals surface area contributed by atoms with Gasteiger partial charge < -0.3 is 14.6 Å². The molecule has 5 heterocycles. The fourth-order valence-electron chi connectivity index (χ4n) is 3.56. The topological polar surface area (TPSA) is 66.9 Å². The summed E-state index contributed by atoms with van der Waals surface area (Å²) in [6.45, 7) is 9.82. The molecule has 150 valence electrons. The van der Waals surface area contributed by atoms with Crippen LogP contribution in [0.1, 0.15) is 19.4 Å². The first-order chi connectivity index (χ1) is 14.2. The third kappa shape index (κ3) is 3.73. The fourth-order valence-corrected chi connectivity index (χ4v) is 3.56. The lowest BCUT2D eigenvalue weighted by molar-refractivity contribution is 0.588. The molecular weight excluding hydrogens is 364 g/mol. The molecule has 0 unspecified atom stereocenters. The summed E-state index contributed by atoms with van der Waals surface area (Å²) in [5.41, 5.74) is 4.86. The first-order valence-corrected chi connectivity index (χ1v) is 10.1. The molecule has 4 aromatic heterocycles. The van der Waals surface area contributed by atoms with Crippen molar-refractivity contribution >= 4 is 17.0 Å². The van der Waals surface area contributed by atoms with Crippen molar-refractivity contribution in [1.82, 2.24) is 24.1 Å². The van der Waals surface area contributed by atoms with E-state index in [-0.39, 0.29) is 5.56 Å². The van der Waals surface area contributed by atoms with Crippen molar-refractivity contribution in [3.8, 4) is 11.4 Å². The van der Waals surface area contributed by atoms with E-state index in [4.69, 9.17) is 0 Å². The summed E-state index contributed by atoms with van der Waals surface area (Å²) >= 11 is 0. The van der Waals surface area contributed by atoms with Gasteiger partial charge in [0.05, 0.1) is 11.4 Å². The molecule has 4 aromatic rings. The van der Waals surface area contributed by atoms with Crippen LogP contribution in [0, 0.1) is 6.92 Å². The fraction of sp³-hybridized carbons (Fsp3) is 0.318. The number of hydrogen-bond acceptors (Lipinski definition) is 5. The number of piperazine rings is 1. The predicted molar refractivity (Wildman–Crippen MR) is 117 cm³/mol. The summed E-state index contributed by atoms with van der Waals surface area (Å²) in [4.78, 5) is 24.3. The Labute approximate surface area is 169 Å². The predicted octanol–water partition coefficient (Wildman–Crippen LogP) is 2.75. The third-order valence-corrected chi connectivity index (χ3v) is 4.99. The van der Waals surface area contributed by atoms with Gasteiger partial charge in [-0.15, -0.1) is 0 Å². The van der Waals surface area contributed by atoms with Crippen molar-refractivity contribution in [3.05, 3.63) is 64.8 Å². The highest BCUT2D eigenvalue weighted by Gasteiger charge is 2.13. The first-order valence-electron chi connectivity index (χ1n) is 10.1. The minimum Gasteiger partial charge on any atom is -0.368 e. The highest BCUT2D eigenvalue weighted by atomic mass is 16.1. The summed E-state index contributed by atoms with van der Waals surface area (Å²) in [7, 11) is 0. The zero-order chi connectivity index (χ0) is 20.4. The molecule has 1 saturated heterocycles. The quantitative estimate of drug-likeness (QED) is 0.570. The zero-order valence-electron chi connectivity index (χ0n) is 17.1. The van der Waals surface area contributed by atoms with E-state index in [9.17, 15) is 4.79 Å².